The number of carbonyl (C=O) groups is 2. The van der Waals surface area contributed by atoms with Gasteiger partial charge >= 0.3 is 5.97 Å². The van der Waals surface area contributed by atoms with Crippen LogP contribution in [0.5, 0.6) is 0 Å². The highest BCUT2D eigenvalue weighted by atomic mass is 16.5. The number of esters is 1. The maximum atomic E-state index is 12.5. The fourth-order valence-electron chi connectivity index (χ4n) is 10.8. The third-order valence-corrected chi connectivity index (χ3v) is 16.2. The fourth-order valence-corrected chi connectivity index (χ4v) is 10.8. The smallest absolute Gasteiger partial charge is 0.305 e. The van der Waals surface area contributed by atoms with Gasteiger partial charge in [0.1, 0.15) is 0 Å². The lowest BCUT2D eigenvalue weighted by Gasteiger charge is -2.20. The molecule has 0 aromatic heterocycles. The van der Waals surface area contributed by atoms with Crippen molar-refractivity contribution in [3.8, 4) is 0 Å². The number of nitrogens with one attached hydrogen (secondary N) is 1. The minimum atomic E-state index is -0.845. The van der Waals surface area contributed by atoms with E-state index >= 15 is 0 Å². The molecule has 2 atom stereocenters. The summed E-state index contributed by atoms with van der Waals surface area (Å²) in [5.41, 5.74) is 0. The third-order valence-electron chi connectivity index (χ3n) is 16.2. The number of ether oxygens (including phenoxy) is 1. The molecule has 0 aliphatic heterocycles. The number of aliphatic hydroxyl groups is 2. The lowest BCUT2D eigenvalue weighted by Crippen LogP contribution is -2.45. The monoisotopic (exact) mass is 1080 g/mol. The highest BCUT2D eigenvalue weighted by Crippen LogP contribution is 2.19. The quantitative estimate of drug-likeness (QED) is 0.0320. The first kappa shape index (κ1) is 75.1. The predicted octanol–water partition coefficient (Wildman–Crippen LogP) is 22.3. The summed E-state index contributed by atoms with van der Waals surface area (Å²) < 4.78 is 5.48. The molecule has 6 heteroatoms. The maximum absolute atomic E-state index is 12.5. The molecule has 3 N–H and O–H groups in total. The summed E-state index contributed by atoms with van der Waals surface area (Å²) >= 11 is 0. The molecule has 0 fully saturated rings. The van der Waals surface area contributed by atoms with E-state index in [1.54, 1.807) is 6.08 Å². The number of carbonyl (C=O) groups excluding carboxylic acids is 2. The van der Waals surface area contributed by atoms with E-state index in [-0.39, 0.29) is 18.5 Å². The molecule has 0 heterocycles. The highest BCUT2D eigenvalue weighted by Gasteiger charge is 2.18. The Morgan fingerprint density at radius 1 is 0.364 bits per heavy atom. The summed E-state index contributed by atoms with van der Waals surface area (Å²) in [6, 6.07) is -0.628. The SMILES string of the molecule is CCCCC/C=C\C/C=C\CCCCCCCC(=O)OCCCCCCCCCCCCCCCCCCCCCCCCCCC(=O)NC(CO)C(O)/C=C/CCCCCCCCCCCCCCCCCCCCC. The summed E-state index contributed by atoms with van der Waals surface area (Å²) in [5.74, 6) is -0.0621. The molecular weight excluding hydrogens is 947 g/mol. The summed E-state index contributed by atoms with van der Waals surface area (Å²) in [4.78, 5) is 24.6. The minimum absolute atomic E-state index is 0.00140. The lowest BCUT2D eigenvalue weighted by atomic mass is 10.0. The largest absolute Gasteiger partial charge is 0.466 e. The van der Waals surface area contributed by atoms with E-state index in [4.69, 9.17) is 4.74 Å². The van der Waals surface area contributed by atoms with E-state index in [9.17, 15) is 19.8 Å². The van der Waals surface area contributed by atoms with Crippen LogP contribution in [0.1, 0.15) is 380 Å². The van der Waals surface area contributed by atoms with Crippen LogP contribution >= 0.6 is 0 Å². The summed E-state index contributed by atoms with van der Waals surface area (Å²) in [6.07, 6.45) is 85.0. The van der Waals surface area contributed by atoms with Crippen LogP contribution in [0.3, 0.4) is 0 Å². The Morgan fingerprint density at radius 2 is 0.649 bits per heavy atom. The zero-order chi connectivity index (χ0) is 55.7. The summed E-state index contributed by atoms with van der Waals surface area (Å²) in [7, 11) is 0. The van der Waals surface area contributed by atoms with E-state index in [1.807, 2.05) is 6.08 Å². The van der Waals surface area contributed by atoms with Crippen molar-refractivity contribution >= 4 is 11.9 Å². The van der Waals surface area contributed by atoms with Crippen molar-refractivity contribution in [3.63, 3.8) is 0 Å². The first-order valence-corrected chi connectivity index (χ1v) is 34.8. The molecule has 77 heavy (non-hydrogen) atoms. The zero-order valence-electron chi connectivity index (χ0n) is 52.0. The summed E-state index contributed by atoms with van der Waals surface area (Å²) in [5, 5.41) is 23.2. The van der Waals surface area contributed by atoms with Gasteiger partial charge in [-0.05, 0) is 64.2 Å². The Labute approximate surface area is 481 Å². The van der Waals surface area contributed by atoms with E-state index in [2.05, 4.69) is 43.5 Å². The van der Waals surface area contributed by atoms with Crippen LogP contribution in [0.2, 0.25) is 0 Å². The van der Waals surface area contributed by atoms with Crippen molar-refractivity contribution in [1.82, 2.24) is 5.32 Å². The van der Waals surface area contributed by atoms with Gasteiger partial charge in [-0.2, -0.15) is 0 Å². The molecule has 1 amide bonds. The van der Waals surface area contributed by atoms with E-state index in [1.165, 1.54) is 302 Å². The van der Waals surface area contributed by atoms with Gasteiger partial charge in [0.05, 0.1) is 25.4 Å². The Kier molecular flexibility index (Phi) is 64.9. The second-order valence-electron chi connectivity index (χ2n) is 23.9. The second-order valence-corrected chi connectivity index (χ2v) is 23.9. The number of allylic oxidation sites excluding steroid dienone is 5. The molecular formula is C71H135NO5. The number of aliphatic hydroxyl groups excluding tert-OH is 2. The molecule has 0 spiro atoms. The minimum Gasteiger partial charge on any atom is -0.466 e. The Morgan fingerprint density at radius 3 is 1.01 bits per heavy atom. The van der Waals surface area contributed by atoms with Gasteiger partial charge in [-0.1, -0.05) is 339 Å². The molecule has 0 aliphatic rings. The van der Waals surface area contributed by atoms with Gasteiger partial charge in [0, 0.05) is 12.8 Å². The third kappa shape index (κ3) is 63.1. The fraction of sp³-hybridized carbons (Fsp3) is 0.887. The Balaban J connectivity index is 3.40. The number of amides is 1. The van der Waals surface area contributed by atoms with Crippen molar-refractivity contribution in [2.75, 3.05) is 13.2 Å². The molecule has 0 saturated carbocycles. The van der Waals surface area contributed by atoms with Gasteiger partial charge in [0.2, 0.25) is 5.91 Å². The Hall–Kier alpha value is -1.92. The van der Waals surface area contributed by atoms with Crippen molar-refractivity contribution in [1.29, 1.82) is 0 Å². The molecule has 2 unspecified atom stereocenters. The van der Waals surface area contributed by atoms with Crippen molar-refractivity contribution in [2.24, 2.45) is 0 Å². The molecule has 0 bridgehead atoms. The Bertz CT molecular complexity index is 1250. The molecule has 0 radical (unpaired) electrons. The van der Waals surface area contributed by atoms with Gasteiger partial charge in [-0.15, -0.1) is 0 Å². The highest BCUT2D eigenvalue weighted by molar-refractivity contribution is 5.76. The van der Waals surface area contributed by atoms with Gasteiger partial charge in [0.15, 0.2) is 0 Å². The second kappa shape index (κ2) is 66.6. The van der Waals surface area contributed by atoms with Crippen molar-refractivity contribution < 1.29 is 24.5 Å². The van der Waals surface area contributed by atoms with Gasteiger partial charge in [0.25, 0.3) is 0 Å². The summed E-state index contributed by atoms with van der Waals surface area (Å²) in [6.45, 7) is 4.90. The lowest BCUT2D eigenvalue weighted by molar-refractivity contribution is -0.143. The van der Waals surface area contributed by atoms with Crippen LogP contribution in [0.25, 0.3) is 0 Å². The molecule has 6 nitrogen and oxygen atoms in total. The molecule has 0 rings (SSSR count). The molecule has 454 valence electrons. The van der Waals surface area contributed by atoms with Crippen LogP contribution in [-0.4, -0.2) is 47.4 Å². The zero-order valence-corrected chi connectivity index (χ0v) is 52.0. The predicted molar refractivity (Wildman–Crippen MR) is 338 cm³/mol. The van der Waals surface area contributed by atoms with Crippen molar-refractivity contribution in [3.05, 3.63) is 36.5 Å². The van der Waals surface area contributed by atoms with Gasteiger partial charge in [-0.25, -0.2) is 0 Å². The van der Waals surface area contributed by atoms with Crippen LogP contribution in [0.4, 0.5) is 0 Å². The van der Waals surface area contributed by atoms with Crippen LogP contribution < -0.4 is 5.32 Å². The topological polar surface area (TPSA) is 95.9 Å². The van der Waals surface area contributed by atoms with Crippen LogP contribution in [0, 0.1) is 0 Å². The molecule has 0 aliphatic carbocycles. The van der Waals surface area contributed by atoms with E-state index in [0.29, 0.717) is 19.4 Å². The van der Waals surface area contributed by atoms with Gasteiger partial charge < -0.3 is 20.3 Å². The first-order chi connectivity index (χ1) is 38.0. The van der Waals surface area contributed by atoms with Crippen LogP contribution in [0.15, 0.2) is 36.5 Å². The maximum Gasteiger partial charge on any atom is 0.305 e. The standard InChI is InChI=1S/C71H135NO5/c1-3-5-7-9-11-13-15-17-19-20-21-26-29-32-36-39-43-47-51-55-59-63-69(74)68(67-73)72-70(75)64-60-56-52-48-44-40-37-33-30-27-24-22-23-25-28-31-34-38-42-46-50-54-58-62-66-77-71(76)65-61-57-53-49-45-41-35-18-16-14-12-10-8-6-4-2/h12,14,18,35,59,63,68-69,73-74H,3-11,13,15-17,19-34,36-58,60-62,64-67H2,1-2H3,(H,72,75)/b14-12-,35-18-,63-59+. The number of unbranched alkanes of at least 4 members (excludes halogenated alkanes) is 50. The molecule has 0 aromatic carbocycles. The average molecular weight is 1080 g/mol. The average Bonchev–Trinajstić information content (AvgIpc) is 3.43. The van der Waals surface area contributed by atoms with E-state index < -0.39 is 12.1 Å². The number of hydrogen-bond acceptors (Lipinski definition) is 5. The number of rotatable bonds is 65. The molecule has 0 aromatic rings. The number of hydrogen-bond donors (Lipinski definition) is 3. The first-order valence-electron chi connectivity index (χ1n) is 34.8. The molecule has 0 saturated heterocycles. The van der Waals surface area contributed by atoms with E-state index in [0.717, 1.165) is 51.4 Å². The van der Waals surface area contributed by atoms with Crippen molar-refractivity contribution in [2.45, 2.75) is 392 Å². The normalized spacial score (nSPS) is 12.7. The van der Waals surface area contributed by atoms with Gasteiger partial charge in [-0.3, -0.25) is 9.59 Å². The van der Waals surface area contributed by atoms with Crippen LogP contribution in [-0.2, 0) is 14.3 Å².